The fraction of sp³-hybridized carbons (Fsp3) is 0.409. The molecular formula is C22H30N2O5S. The highest BCUT2D eigenvalue weighted by molar-refractivity contribution is 7.89. The van der Waals surface area contributed by atoms with Gasteiger partial charge in [-0.1, -0.05) is 43.7 Å². The van der Waals surface area contributed by atoms with Gasteiger partial charge in [0.1, 0.15) is 0 Å². The van der Waals surface area contributed by atoms with Crippen LogP contribution in [0.25, 0.3) is 0 Å². The lowest BCUT2D eigenvalue weighted by Crippen LogP contribution is -2.43. The Balaban J connectivity index is 2.35. The number of amides is 1. The average Bonchev–Trinajstić information content (AvgIpc) is 2.73. The van der Waals surface area contributed by atoms with Crippen LogP contribution in [0.15, 0.2) is 53.4 Å². The molecule has 0 bridgehead atoms. The fourth-order valence-electron chi connectivity index (χ4n) is 3.12. The first-order valence-electron chi connectivity index (χ1n) is 9.87. The maximum atomic E-state index is 13.4. The van der Waals surface area contributed by atoms with Crippen molar-refractivity contribution in [1.82, 2.24) is 9.62 Å². The van der Waals surface area contributed by atoms with E-state index in [0.29, 0.717) is 11.5 Å². The molecule has 0 radical (unpaired) electrons. The predicted molar refractivity (Wildman–Crippen MR) is 116 cm³/mol. The number of carbonyl (C=O) groups is 1. The van der Waals surface area contributed by atoms with Crippen LogP contribution in [0.4, 0.5) is 0 Å². The summed E-state index contributed by atoms with van der Waals surface area (Å²) in [6.07, 6.45) is 1.76. The molecule has 2 aromatic rings. The van der Waals surface area contributed by atoms with Crippen LogP contribution < -0.4 is 14.8 Å². The van der Waals surface area contributed by atoms with Crippen LogP contribution in [0, 0.1) is 0 Å². The van der Waals surface area contributed by atoms with Gasteiger partial charge in [0.2, 0.25) is 15.9 Å². The largest absolute Gasteiger partial charge is 0.493 e. The summed E-state index contributed by atoms with van der Waals surface area (Å²) in [4.78, 5) is 12.6. The molecule has 0 aliphatic carbocycles. The zero-order valence-corrected chi connectivity index (χ0v) is 18.7. The number of methoxy groups -OCH3 is 2. The fourth-order valence-corrected chi connectivity index (χ4v) is 4.53. The zero-order valence-electron chi connectivity index (χ0n) is 17.9. The molecule has 7 nitrogen and oxygen atoms in total. The highest BCUT2D eigenvalue weighted by atomic mass is 32.2. The van der Waals surface area contributed by atoms with E-state index in [1.54, 1.807) is 0 Å². The lowest BCUT2D eigenvalue weighted by molar-refractivity contribution is -0.122. The SMILES string of the molecule is CCC[C@@H](C)NC(=O)CN(Cc1ccccc1)S(=O)(=O)c1ccc(OC)c(OC)c1. The molecule has 0 spiro atoms. The van der Waals surface area contributed by atoms with Gasteiger partial charge in [-0.3, -0.25) is 4.79 Å². The number of hydrogen-bond acceptors (Lipinski definition) is 5. The average molecular weight is 435 g/mol. The third-order valence-corrected chi connectivity index (χ3v) is 6.43. The third kappa shape index (κ3) is 6.21. The molecule has 1 atom stereocenters. The summed E-state index contributed by atoms with van der Waals surface area (Å²) < 4.78 is 38.4. The second-order valence-electron chi connectivity index (χ2n) is 7.03. The normalized spacial score (nSPS) is 12.4. The van der Waals surface area contributed by atoms with Gasteiger partial charge in [-0.05, 0) is 31.0 Å². The minimum absolute atomic E-state index is 0.0233. The van der Waals surface area contributed by atoms with Gasteiger partial charge >= 0.3 is 0 Å². The highest BCUT2D eigenvalue weighted by Gasteiger charge is 2.28. The molecule has 0 saturated carbocycles. The summed E-state index contributed by atoms with van der Waals surface area (Å²) in [5, 5.41) is 2.87. The molecule has 0 aliphatic rings. The molecule has 1 amide bonds. The number of hydrogen-bond donors (Lipinski definition) is 1. The van der Waals surface area contributed by atoms with Crippen molar-refractivity contribution in [2.24, 2.45) is 0 Å². The molecule has 0 saturated heterocycles. The molecule has 0 fully saturated rings. The van der Waals surface area contributed by atoms with Crippen LogP contribution in [0.2, 0.25) is 0 Å². The van der Waals surface area contributed by atoms with Crippen molar-refractivity contribution in [2.45, 2.75) is 44.2 Å². The van der Waals surface area contributed by atoms with E-state index in [1.165, 1.54) is 36.7 Å². The topological polar surface area (TPSA) is 84.9 Å². The van der Waals surface area contributed by atoms with Crippen molar-refractivity contribution in [3.63, 3.8) is 0 Å². The van der Waals surface area contributed by atoms with Crippen molar-refractivity contribution >= 4 is 15.9 Å². The van der Waals surface area contributed by atoms with Crippen molar-refractivity contribution < 1.29 is 22.7 Å². The Kier molecular flexibility index (Phi) is 8.68. The highest BCUT2D eigenvalue weighted by Crippen LogP contribution is 2.31. The molecule has 0 heterocycles. The van der Waals surface area contributed by atoms with E-state index in [1.807, 2.05) is 44.2 Å². The standard InChI is InChI=1S/C22H30N2O5S/c1-5-9-17(2)23-22(25)16-24(15-18-10-7-6-8-11-18)30(26,27)19-12-13-20(28-3)21(14-19)29-4/h6-8,10-14,17H,5,9,15-16H2,1-4H3,(H,23,25)/t17-/m1/s1. The summed E-state index contributed by atoms with van der Waals surface area (Å²) in [5.74, 6) is 0.396. The minimum Gasteiger partial charge on any atom is -0.493 e. The summed E-state index contributed by atoms with van der Waals surface area (Å²) in [5.41, 5.74) is 0.788. The summed E-state index contributed by atoms with van der Waals surface area (Å²) in [6, 6.07) is 13.6. The summed E-state index contributed by atoms with van der Waals surface area (Å²) >= 11 is 0. The molecule has 164 valence electrons. The van der Waals surface area contributed by atoms with Crippen molar-refractivity contribution in [2.75, 3.05) is 20.8 Å². The molecule has 8 heteroatoms. The van der Waals surface area contributed by atoms with Crippen LogP contribution in [0.3, 0.4) is 0 Å². The second-order valence-corrected chi connectivity index (χ2v) is 8.97. The van der Waals surface area contributed by atoms with Gasteiger partial charge in [-0.15, -0.1) is 0 Å². The van der Waals surface area contributed by atoms with E-state index in [-0.39, 0.29) is 29.9 Å². The molecule has 0 aromatic heterocycles. The van der Waals surface area contributed by atoms with Gasteiger partial charge in [-0.2, -0.15) is 4.31 Å². The predicted octanol–water partition coefficient (Wildman–Crippen LogP) is 3.20. The van der Waals surface area contributed by atoms with Crippen molar-refractivity contribution in [1.29, 1.82) is 0 Å². The van der Waals surface area contributed by atoms with Gasteiger partial charge in [0, 0.05) is 18.7 Å². The lowest BCUT2D eigenvalue weighted by atomic mass is 10.2. The maximum absolute atomic E-state index is 13.4. The molecule has 0 unspecified atom stereocenters. The van der Waals surface area contributed by atoms with Crippen LogP contribution in [-0.2, 0) is 21.4 Å². The number of benzene rings is 2. The Bertz CT molecular complexity index is 932. The van der Waals surface area contributed by atoms with Gasteiger partial charge in [0.15, 0.2) is 11.5 Å². The van der Waals surface area contributed by atoms with Gasteiger partial charge in [0.25, 0.3) is 0 Å². The van der Waals surface area contributed by atoms with E-state index >= 15 is 0 Å². The Morgan fingerprint density at radius 3 is 2.33 bits per heavy atom. The van der Waals surface area contributed by atoms with E-state index in [2.05, 4.69) is 5.32 Å². The van der Waals surface area contributed by atoms with Crippen LogP contribution in [0.5, 0.6) is 11.5 Å². The number of ether oxygens (including phenoxy) is 2. The number of rotatable bonds is 11. The van der Waals surface area contributed by atoms with Crippen LogP contribution in [0.1, 0.15) is 32.3 Å². The van der Waals surface area contributed by atoms with Gasteiger partial charge < -0.3 is 14.8 Å². The summed E-state index contributed by atoms with van der Waals surface area (Å²) in [7, 11) is -1.04. The van der Waals surface area contributed by atoms with Gasteiger partial charge in [-0.25, -0.2) is 8.42 Å². The number of sulfonamides is 1. The first-order valence-corrected chi connectivity index (χ1v) is 11.3. The second kappa shape index (κ2) is 11.0. The summed E-state index contributed by atoms with van der Waals surface area (Å²) in [6.45, 7) is 3.74. The van der Waals surface area contributed by atoms with E-state index in [4.69, 9.17) is 9.47 Å². The number of carbonyl (C=O) groups excluding carboxylic acids is 1. The Hall–Kier alpha value is -2.58. The van der Waals surface area contributed by atoms with Crippen molar-refractivity contribution in [3.05, 3.63) is 54.1 Å². The molecule has 30 heavy (non-hydrogen) atoms. The van der Waals surface area contributed by atoms with E-state index < -0.39 is 10.0 Å². The number of nitrogens with one attached hydrogen (secondary N) is 1. The number of nitrogens with zero attached hydrogens (tertiary/aromatic N) is 1. The minimum atomic E-state index is -3.96. The first-order chi connectivity index (χ1) is 14.3. The molecule has 1 N–H and O–H groups in total. The molecule has 2 aromatic carbocycles. The molecule has 0 aliphatic heterocycles. The zero-order chi connectivity index (χ0) is 22.1. The first kappa shape index (κ1) is 23.7. The Morgan fingerprint density at radius 1 is 1.07 bits per heavy atom. The maximum Gasteiger partial charge on any atom is 0.243 e. The molecular weight excluding hydrogens is 404 g/mol. The molecule has 2 rings (SSSR count). The van der Waals surface area contributed by atoms with Gasteiger partial charge in [0.05, 0.1) is 25.7 Å². The Morgan fingerprint density at radius 2 is 1.73 bits per heavy atom. The quantitative estimate of drug-likeness (QED) is 0.587. The van der Waals surface area contributed by atoms with E-state index in [9.17, 15) is 13.2 Å². The van der Waals surface area contributed by atoms with Crippen LogP contribution >= 0.6 is 0 Å². The third-order valence-electron chi connectivity index (χ3n) is 4.64. The Labute approximate surface area is 179 Å². The van der Waals surface area contributed by atoms with Crippen molar-refractivity contribution in [3.8, 4) is 11.5 Å². The smallest absolute Gasteiger partial charge is 0.243 e. The lowest BCUT2D eigenvalue weighted by Gasteiger charge is -2.23. The van der Waals surface area contributed by atoms with E-state index in [0.717, 1.165) is 18.4 Å². The van der Waals surface area contributed by atoms with Crippen LogP contribution in [-0.4, -0.2) is 45.4 Å². The monoisotopic (exact) mass is 434 g/mol.